The first-order valence-corrected chi connectivity index (χ1v) is 10.9. The molecule has 0 unspecified atom stereocenters. The molecule has 1 heterocycles. The van der Waals surface area contributed by atoms with E-state index >= 15 is 0 Å². The van der Waals surface area contributed by atoms with Crippen LogP contribution in [0, 0.1) is 5.92 Å². The Kier molecular flexibility index (Phi) is 6.34. The van der Waals surface area contributed by atoms with Gasteiger partial charge in [-0.15, -0.1) is 0 Å². The van der Waals surface area contributed by atoms with Gasteiger partial charge in [-0.1, -0.05) is 24.3 Å². The van der Waals surface area contributed by atoms with E-state index in [0.29, 0.717) is 18.0 Å². The molecular weight excluding hydrogens is 399 g/mol. The van der Waals surface area contributed by atoms with E-state index in [1.807, 2.05) is 0 Å². The number of carboxylic acid groups (broad SMARTS) is 1. The highest BCUT2D eigenvalue weighted by Gasteiger charge is 2.54. The van der Waals surface area contributed by atoms with E-state index in [0.717, 1.165) is 17.1 Å². The van der Waals surface area contributed by atoms with Crippen LogP contribution >= 0.6 is 0 Å². The molecule has 1 aliphatic carbocycles. The van der Waals surface area contributed by atoms with Gasteiger partial charge in [0.1, 0.15) is 5.54 Å². The molecular formula is C17H27BN4O6S. The van der Waals surface area contributed by atoms with Crippen molar-refractivity contribution in [3.63, 3.8) is 0 Å². The van der Waals surface area contributed by atoms with E-state index in [1.165, 1.54) is 16.4 Å². The molecule has 7 N–H and O–H groups in total. The lowest BCUT2D eigenvalue weighted by Gasteiger charge is -2.28. The average Bonchev–Trinajstić information content (AvgIpc) is 3.41. The van der Waals surface area contributed by atoms with Crippen LogP contribution < -0.4 is 16.9 Å². The van der Waals surface area contributed by atoms with Gasteiger partial charge in [0, 0.05) is 38.6 Å². The third-order valence-corrected chi connectivity index (χ3v) is 7.56. The number of rotatable bonds is 9. The van der Waals surface area contributed by atoms with Crippen molar-refractivity contribution >= 4 is 28.8 Å². The molecule has 2 atom stereocenters. The van der Waals surface area contributed by atoms with E-state index in [2.05, 4.69) is 0 Å². The molecule has 0 bridgehead atoms. The fourth-order valence-electron chi connectivity index (χ4n) is 3.76. The monoisotopic (exact) mass is 426 g/mol. The fraction of sp³-hybridized carbons (Fsp3) is 0.588. The second kappa shape index (κ2) is 8.30. The zero-order chi connectivity index (χ0) is 21.4. The quantitative estimate of drug-likeness (QED) is 0.269. The van der Waals surface area contributed by atoms with Gasteiger partial charge >= 0.3 is 13.1 Å². The van der Waals surface area contributed by atoms with Crippen LogP contribution in [0.2, 0.25) is 0 Å². The van der Waals surface area contributed by atoms with Crippen LogP contribution in [0.3, 0.4) is 0 Å². The molecule has 1 saturated carbocycles. The Labute approximate surface area is 170 Å². The number of carbonyl (C=O) groups is 1. The second-order valence-electron chi connectivity index (χ2n) is 7.83. The van der Waals surface area contributed by atoms with Gasteiger partial charge in [0.2, 0.25) is 0 Å². The highest BCUT2D eigenvalue weighted by molar-refractivity contribution is 7.86. The lowest BCUT2D eigenvalue weighted by Crippen LogP contribution is -2.55. The zero-order valence-corrected chi connectivity index (χ0v) is 16.8. The third-order valence-electron chi connectivity index (χ3n) is 5.65. The number of hydrogen-bond donors (Lipinski definition) is 5. The smallest absolute Gasteiger partial charge is 0.480 e. The predicted molar refractivity (Wildman–Crippen MR) is 107 cm³/mol. The Morgan fingerprint density at radius 1 is 1.34 bits per heavy atom. The van der Waals surface area contributed by atoms with E-state index in [1.54, 1.807) is 12.1 Å². The maximum Gasteiger partial charge on any atom is 0.488 e. The van der Waals surface area contributed by atoms with Crippen LogP contribution in [0.5, 0.6) is 0 Å². The van der Waals surface area contributed by atoms with Crippen molar-refractivity contribution in [1.82, 2.24) is 8.61 Å². The predicted octanol–water partition coefficient (Wildman–Crippen LogP) is -2.54. The average molecular weight is 426 g/mol. The summed E-state index contributed by atoms with van der Waals surface area (Å²) in [6, 6.07) is 6.09. The summed E-state index contributed by atoms with van der Waals surface area (Å²) < 4.78 is 28.8. The summed E-state index contributed by atoms with van der Waals surface area (Å²) in [5.41, 5.74) is 10.6. The number of carboxylic acids is 1. The second-order valence-corrected chi connectivity index (χ2v) is 9.76. The van der Waals surface area contributed by atoms with Gasteiger partial charge in [-0.05, 0) is 29.8 Å². The summed E-state index contributed by atoms with van der Waals surface area (Å²) in [7, 11) is -5.68. The molecule has 2 aliphatic rings. The maximum atomic E-state index is 13.2. The first-order chi connectivity index (χ1) is 13.6. The van der Waals surface area contributed by atoms with Gasteiger partial charge in [0.15, 0.2) is 0 Å². The minimum atomic E-state index is -3.95. The molecule has 2 fully saturated rings. The Morgan fingerprint density at radius 2 is 2.03 bits per heavy atom. The number of aliphatic carboxylic acids is 1. The minimum absolute atomic E-state index is 0.123. The van der Waals surface area contributed by atoms with E-state index < -0.39 is 34.8 Å². The van der Waals surface area contributed by atoms with Gasteiger partial charge in [-0.3, -0.25) is 4.79 Å². The van der Waals surface area contributed by atoms with Crippen LogP contribution in [0.4, 0.5) is 0 Å². The van der Waals surface area contributed by atoms with E-state index in [-0.39, 0.29) is 31.6 Å². The lowest BCUT2D eigenvalue weighted by atomic mass is 9.76. The first-order valence-electron chi connectivity index (χ1n) is 9.53. The number of nitrogens with two attached hydrogens (primary N) is 2. The Hall–Kier alpha value is -1.54. The number of benzene rings is 1. The van der Waals surface area contributed by atoms with E-state index in [9.17, 15) is 28.4 Å². The molecule has 0 aromatic heterocycles. The van der Waals surface area contributed by atoms with Crippen molar-refractivity contribution in [2.24, 2.45) is 17.4 Å². The van der Waals surface area contributed by atoms with E-state index in [4.69, 9.17) is 11.5 Å². The van der Waals surface area contributed by atoms with Gasteiger partial charge in [0.25, 0.3) is 10.2 Å². The van der Waals surface area contributed by atoms with Crippen molar-refractivity contribution in [3.8, 4) is 0 Å². The Morgan fingerprint density at radius 3 is 2.59 bits per heavy atom. The van der Waals surface area contributed by atoms with Crippen molar-refractivity contribution in [2.45, 2.75) is 24.3 Å². The van der Waals surface area contributed by atoms with Gasteiger partial charge in [-0.2, -0.15) is 17.0 Å². The fourth-order valence-corrected chi connectivity index (χ4v) is 5.54. The first kappa shape index (κ1) is 22.2. The summed E-state index contributed by atoms with van der Waals surface area (Å²) >= 11 is 0. The summed E-state index contributed by atoms with van der Waals surface area (Å²) in [5, 5.41) is 28.6. The standard InChI is InChI=1S/C17H27BN4O6S/c19-6-7-21(9-12-4-5-12)29(27,28)22-10-15(17(20,11-22)16(23)24)13-2-1-3-14(8-13)18(25)26/h1-3,8,12,15,25-26H,4-7,9-11,19-20H2,(H,23,24)/t15-,17+/m1/s1. The van der Waals surface area contributed by atoms with Crippen LogP contribution in [-0.4, -0.2) is 83.5 Å². The molecule has 0 radical (unpaired) electrons. The maximum absolute atomic E-state index is 13.2. The normalized spacial score (nSPS) is 25.5. The third kappa shape index (κ3) is 4.48. The van der Waals surface area contributed by atoms with Gasteiger partial charge < -0.3 is 26.6 Å². The molecule has 1 aromatic carbocycles. The molecule has 3 rings (SSSR count). The van der Waals surface area contributed by atoms with Crippen LogP contribution in [0.15, 0.2) is 24.3 Å². The van der Waals surface area contributed by atoms with Crippen molar-refractivity contribution in [3.05, 3.63) is 29.8 Å². The molecule has 0 amide bonds. The number of nitrogens with zero attached hydrogens (tertiary/aromatic N) is 2. The van der Waals surface area contributed by atoms with Crippen molar-refractivity contribution in [2.75, 3.05) is 32.7 Å². The molecule has 1 aliphatic heterocycles. The lowest BCUT2D eigenvalue weighted by molar-refractivity contribution is -0.143. The van der Waals surface area contributed by atoms with Crippen molar-refractivity contribution < 1.29 is 28.4 Å². The summed E-state index contributed by atoms with van der Waals surface area (Å²) in [5.74, 6) is -1.86. The molecule has 29 heavy (non-hydrogen) atoms. The molecule has 1 aromatic rings. The molecule has 1 saturated heterocycles. The number of hydrogen-bond acceptors (Lipinski definition) is 7. The molecule has 12 heteroatoms. The Balaban J connectivity index is 1.93. The van der Waals surface area contributed by atoms with Gasteiger partial charge in [-0.25, -0.2) is 0 Å². The topological polar surface area (TPSA) is 170 Å². The highest BCUT2D eigenvalue weighted by atomic mass is 32.2. The zero-order valence-electron chi connectivity index (χ0n) is 16.0. The highest BCUT2D eigenvalue weighted by Crippen LogP contribution is 2.37. The largest absolute Gasteiger partial charge is 0.488 e. The minimum Gasteiger partial charge on any atom is -0.480 e. The molecule has 10 nitrogen and oxygen atoms in total. The summed E-state index contributed by atoms with van der Waals surface area (Å²) in [4.78, 5) is 12.0. The molecule has 0 spiro atoms. The van der Waals surface area contributed by atoms with Crippen LogP contribution in [0.25, 0.3) is 0 Å². The SMILES string of the molecule is NCCN(CC1CC1)S(=O)(=O)N1C[C@H](c2cccc(B(O)O)c2)[C@](N)(C(=O)O)C1. The van der Waals surface area contributed by atoms with Crippen molar-refractivity contribution in [1.29, 1.82) is 0 Å². The van der Waals surface area contributed by atoms with Gasteiger partial charge in [0.05, 0.1) is 0 Å². The van der Waals surface area contributed by atoms with Crippen LogP contribution in [0.1, 0.15) is 24.3 Å². The van der Waals surface area contributed by atoms with Crippen LogP contribution in [-0.2, 0) is 15.0 Å². The summed E-state index contributed by atoms with van der Waals surface area (Å²) in [6.45, 7) is 0.162. The molecule has 160 valence electrons. The summed E-state index contributed by atoms with van der Waals surface area (Å²) in [6.07, 6.45) is 1.93. The Bertz CT molecular complexity index is 865.